The highest BCUT2D eigenvalue weighted by Crippen LogP contribution is 2.48. The number of benzene rings is 1. The summed E-state index contributed by atoms with van der Waals surface area (Å²) in [6, 6.07) is 1.07. The molecule has 0 spiro atoms. The molecule has 2 aliphatic rings. The monoisotopic (exact) mass is 462 g/mol. The number of esters is 3. The zero-order valence-electron chi connectivity index (χ0n) is 18.5. The van der Waals surface area contributed by atoms with Gasteiger partial charge < -0.3 is 29.2 Å². The fourth-order valence-electron chi connectivity index (χ4n) is 4.09. The number of hydrogen-bond acceptors (Lipinski definition) is 11. The third-order valence-electron chi connectivity index (χ3n) is 5.29. The Morgan fingerprint density at radius 1 is 0.970 bits per heavy atom. The van der Waals surface area contributed by atoms with Gasteiger partial charge >= 0.3 is 17.9 Å². The number of ketones is 2. The van der Waals surface area contributed by atoms with Crippen molar-refractivity contribution in [2.24, 2.45) is 0 Å². The van der Waals surface area contributed by atoms with Gasteiger partial charge in [-0.3, -0.25) is 24.0 Å². The van der Waals surface area contributed by atoms with Crippen molar-refractivity contribution < 1.29 is 53.1 Å². The van der Waals surface area contributed by atoms with E-state index in [0.717, 1.165) is 26.8 Å². The van der Waals surface area contributed by atoms with Crippen LogP contribution in [0.3, 0.4) is 0 Å². The first-order chi connectivity index (χ1) is 15.3. The van der Waals surface area contributed by atoms with Crippen LogP contribution in [0.2, 0.25) is 0 Å². The lowest BCUT2D eigenvalue weighted by atomic mass is 9.69. The van der Waals surface area contributed by atoms with Crippen molar-refractivity contribution in [1.82, 2.24) is 0 Å². The molecule has 0 unspecified atom stereocenters. The van der Waals surface area contributed by atoms with Gasteiger partial charge in [0.15, 0.2) is 35.3 Å². The predicted octanol–water partition coefficient (Wildman–Crippen LogP) is 1.02. The van der Waals surface area contributed by atoms with Gasteiger partial charge in [-0.2, -0.15) is 0 Å². The number of Topliss-reactive ketones (excluding diaryl/α,β-unsaturated/α-hetero) is 2. The Morgan fingerprint density at radius 3 is 2.09 bits per heavy atom. The van der Waals surface area contributed by atoms with Crippen molar-refractivity contribution in [2.45, 2.75) is 51.9 Å². The molecule has 0 bridgehead atoms. The smallest absolute Gasteiger partial charge is 0.308 e. The van der Waals surface area contributed by atoms with Gasteiger partial charge in [-0.1, -0.05) is 0 Å². The van der Waals surface area contributed by atoms with Crippen LogP contribution in [0.25, 0.3) is 0 Å². The number of phenols is 1. The molecule has 0 fully saturated rings. The highest BCUT2D eigenvalue weighted by atomic mass is 16.6. The average Bonchev–Trinajstić information content (AvgIpc) is 2.68. The van der Waals surface area contributed by atoms with Crippen LogP contribution in [0.1, 0.15) is 54.8 Å². The van der Waals surface area contributed by atoms with E-state index < -0.39 is 70.6 Å². The second-order valence-corrected chi connectivity index (χ2v) is 7.91. The zero-order valence-corrected chi connectivity index (χ0v) is 18.5. The average molecular weight is 462 g/mol. The lowest BCUT2D eigenvalue weighted by molar-refractivity contribution is -0.184. The van der Waals surface area contributed by atoms with Crippen LogP contribution in [0, 0.1) is 0 Å². The van der Waals surface area contributed by atoms with Crippen LogP contribution in [0.15, 0.2) is 17.2 Å². The van der Waals surface area contributed by atoms with Crippen molar-refractivity contribution >= 4 is 29.5 Å². The Labute approximate surface area is 187 Å². The summed E-state index contributed by atoms with van der Waals surface area (Å²) in [7, 11) is 1.20. The van der Waals surface area contributed by atoms with Crippen molar-refractivity contribution in [3.05, 3.63) is 28.3 Å². The Balaban J connectivity index is 2.32. The summed E-state index contributed by atoms with van der Waals surface area (Å²) in [5, 5.41) is 21.6. The summed E-state index contributed by atoms with van der Waals surface area (Å²) in [5.74, 6) is -5.54. The molecule has 0 saturated carbocycles. The van der Waals surface area contributed by atoms with Gasteiger partial charge in [0, 0.05) is 38.8 Å². The van der Waals surface area contributed by atoms with Crippen LogP contribution in [-0.4, -0.2) is 64.6 Å². The van der Waals surface area contributed by atoms with E-state index in [-0.39, 0.29) is 22.6 Å². The van der Waals surface area contributed by atoms with E-state index in [2.05, 4.69) is 0 Å². The predicted molar refractivity (Wildman–Crippen MR) is 108 cm³/mol. The maximum atomic E-state index is 13.6. The van der Waals surface area contributed by atoms with Crippen LogP contribution in [-0.2, 0) is 23.9 Å². The van der Waals surface area contributed by atoms with Crippen molar-refractivity contribution in [1.29, 1.82) is 0 Å². The molecule has 0 amide bonds. The Bertz CT molecular complexity index is 1130. The van der Waals surface area contributed by atoms with Gasteiger partial charge in [-0.25, -0.2) is 0 Å². The van der Waals surface area contributed by atoms with Crippen LogP contribution in [0.4, 0.5) is 0 Å². The number of carbonyl (C=O) groups is 5. The molecule has 0 aliphatic heterocycles. The maximum absolute atomic E-state index is 13.6. The van der Waals surface area contributed by atoms with Crippen molar-refractivity contribution in [3.8, 4) is 17.2 Å². The lowest BCUT2D eigenvalue weighted by Gasteiger charge is -2.43. The zero-order chi connectivity index (χ0) is 24.8. The number of hydrogen-bond donors (Lipinski definition) is 2. The molecule has 3 rings (SSSR count). The minimum absolute atomic E-state index is 0.230. The number of phenolic OH excluding ortho intramolecular Hbond substituents is 1. The molecule has 0 saturated heterocycles. The molecule has 33 heavy (non-hydrogen) atoms. The summed E-state index contributed by atoms with van der Waals surface area (Å²) < 4.78 is 20.5. The summed E-state index contributed by atoms with van der Waals surface area (Å²) >= 11 is 0. The van der Waals surface area contributed by atoms with E-state index >= 15 is 0 Å². The number of aliphatic hydroxyl groups is 1. The molecule has 0 heterocycles. The van der Waals surface area contributed by atoms with Gasteiger partial charge in [-0.15, -0.1) is 0 Å². The normalized spacial score (nSPS) is 23.9. The SMILES string of the molecule is COc1cc(OC(C)=O)c2c(c1O)C(=O)C1=C(C2=O)[C@H](OC(C)=O)[C@H](OC(C)=O)[C@](C)(O)C1. The number of rotatable bonds is 4. The third-order valence-corrected chi connectivity index (χ3v) is 5.29. The fourth-order valence-corrected chi connectivity index (χ4v) is 4.09. The van der Waals surface area contributed by atoms with Gasteiger partial charge in [0.2, 0.25) is 0 Å². The summed E-state index contributed by atoms with van der Waals surface area (Å²) in [6.45, 7) is 4.43. The molecule has 11 heteroatoms. The largest absolute Gasteiger partial charge is 0.504 e. The summed E-state index contributed by atoms with van der Waals surface area (Å²) in [5.41, 5.74) is -3.45. The fraction of sp³-hybridized carbons (Fsp3) is 0.409. The first-order valence-electron chi connectivity index (χ1n) is 9.81. The molecule has 1 aromatic carbocycles. The second-order valence-electron chi connectivity index (χ2n) is 7.91. The second kappa shape index (κ2) is 8.32. The van der Waals surface area contributed by atoms with Crippen LogP contribution in [0.5, 0.6) is 17.2 Å². The van der Waals surface area contributed by atoms with Crippen molar-refractivity contribution in [2.75, 3.05) is 7.11 Å². The molecule has 2 aliphatic carbocycles. The van der Waals surface area contributed by atoms with E-state index in [1.165, 1.54) is 14.0 Å². The van der Waals surface area contributed by atoms with Crippen molar-refractivity contribution in [3.63, 3.8) is 0 Å². The van der Waals surface area contributed by atoms with E-state index in [9.17, 15) is 34.2 Å². The first kappa shape index (κ1) is 23.9. The Morgan fingerprint density at radius 2 is 1.58 bits per heavy atom. The Kier molecular flexibility index (Phi) is 6.03. The van der Waals surface area contributed by atoms with Gasteiger partial charge in [0.25, 0.3) is 0 Å². The van der Waals surface area contributed by atoms with Gasteiger partial charge in [-0.05, 0) is 6.92 Å². The lowest BCUT2D eigenvalue weighted by Crippen LogP contribution is -2.57. The molecular weight excluding hydrogens is 440 g/mol. The number of methoxy groups -OCH3 is 1. The topological polar surface area (TPSA) is 163 Å². The molecule has 0 aromatic heterocycles. The summed E-state index contributed by atoms with van der Waals surface area (Å²) in [4.78, 5) is 62.2. The minimum atomic E-state index is -1.91. The molecule has 2 N–H and O–H groups in total. The molecule has 1 aromatic rings. The Hall–Kier alpha value is -3.73. The van der Waals surface area contributed by atoms with E-state index in [4.69, 9.17) is 18.9 Å². The minimum Gasteiger partial charge on any atom is -0.504 e. The number of fused-ring (bicyclic) bond motifs is 1. The molecule has 0 radical (unpaired) electrons. The standard InChI is InChI=1S/C22H22O11/c1-8(23)31-12-6-13(30-5)18(27)16-15(12)19(28)14-11(17(16)26)7-22(4,29)21(33-10(3)25)20(14)32-9(2)24/h6,20-21,27,29H,7H2,1-5H3/t20-,21-,22+/m0/s1. The van der Waals surface area contributed by atoms with Gasteiger partial charge in [0.05, 0.1) is 23.8 Å². The number of carbonyl (C=O) groups excluding carboxylic acids is 5. The van der Waals surface area contributed by atoms with Gasteiger partial charge in [0.1, 0.15) is 11.4 Å². The maximum Gasteiger partial charge on any atom is 0.308 e. The molecule has 11 nitrogen and oxygen atoms in total. The molecular formula is C22H22O11. The van der Waals surface area contributed by atoms with Crippen LogP contribution < -0.4 is 9.47 Å². The van der Waals surface area contributed by atoms with E-state index in [0.29, 0.717) is 0 Å². The summed E-state index contributed by atoms with van der Waals surface area (Å²) in [6.07, 6.45) is -3.61. The quantitative estimate of drug-likeness (QED) is 0.485. The van der Waals surface area contributed by atoms with Crippen LogP contribution >= 0.6 is 0 Å². The number of ether oxygens (including phenoxy) is 4. The van der Waals surface area contributed by atoms with E-state index in [1.807, 2.05) is 0 Å². The third kappa shape index (κ3) is 4.07. The van der Waals surface area contributed by atoms with E-state index in [1.54, 1.807) is 0 Å². The highest BCUT2D eigenvalue weighted by molar-refractivity contribution is 6.30. The highest BCUT2D eigenvalue weighted by Gasteiger charge is 2.55. The number of aromatic hydroxyl groups is 1. The molecule has 3 atom stereocenters. The molecule has 176 valence electrons. The first-order valence-corrected chi connectivity index (χ1v) is 9.81.